The van der Waals surface area contributed by atoms with Crippen LogP contribution in [0.5, 0.6) is 0 Å². The zero-order chi connectivity index (χ0) is 10.4. The van der Waals surface area contributed by atoms with Crippen LogP contribution < -0.4 is 5.32 Å². The molecule has 0 fully saturated rings. The van der Waals surface area contributed by atoms with Gasteiger partial charge in [0.25, 0.3) is 0 Å². The van der Waals surface area contributed by atoms with Crippen LogP contribution in [0.2, 0.25) is 0 Å². The van der Waals surface area contributed by atoms with Crippen LogP contribution in [0.15, 0.2) is 12.2 Å². The Morgan fingerprint density at radius 2 is 1.77 bits per heavy atom. The number of rotatable bonds is 4. The van der Waals surface area contributed by atoms with E-state index in [9.17, 15) is 14.4 Å². The summed E-state index contributed by atoms with van der Waals surface area (Å²) < 4.78 is 0. The number of hydrogen-bond acceptors (Lipinski definition) is 3. The molecule has 1 amide bonds. The van der Waals surface area contributed by atoms with E-state index in [2.05, 4.69) is 0 Å². The number of carboxylic acid groups (broad SMARTS) is 2. The molecule has 0 saturated carbocycles. The maximum atomic E-state index is 10.7. The molecule has 0 aliphatic rings. The van der Waals surface area contributed by atoms with Crippen LogP contribution in [0.1, 0.15) is 6.92 Å². The standard InChI is InChI=1S/C7H9NO5/c1-4(7(12)13)8-5(9)2-3-6(10)11/h2-4H,1H3,(H,8,9)(H,10,11)(H,12,13). The molecular formula is C7H9NO5. The maximum absolute atomic E-state index is 10.7. The van der Waals surface area contributed by atoms with Crippen molar-refractivity contribution in [3.8, 4) is 0 Å². The van der Waals surface area contributed by atoms with Crippen molar-refractivity contribution < 1.29 is 24.6 Å². The highest BCUT2D eigenvalue weighted by Crippen LogP contribution is 1.82. The van der Waals surface area contributed by atoms with Crippen molar-refractivity contribution in [2.75, 3.05) is 0 Å². The SMILES string of the molecule is CC(NC(=O)C=CC(=O)O)C(=O)O. The predicted octanol–water partition coefficient (Wildman–Crippen LogP) is -0.783. The monoisotopic (exact) mass is 187 g/mol. The van der Waals surface area contributed by atoms with Crippen LogP contribution in [0.4, 0.5) is 0 Å². The van der Waals surface area contributed by atoms with Gasteiger partial charge in [0, 0.05) is 12.2 Å². The molecule has 0 radical (unpaired) electrons. The molecule has 6 nitrogen and oxygen atoms in total. The van der Waals surface area contributed by atoms with Crippen LogP contribution in [-0.2, 0) is 14.4 Å². The quantitative estimate of drug-likeness (QED) is 0.500. The van der Waals surface area contributed by atoms with E-state index in [1.54, 1.807) is 0 Å². The summed E-state index contributed by atoms with van der Waals surface area (Å²) in [6, 6.07) is -1.04. The first-order valence-corrected chi connectivity index (χ1v) is 3.37. The van der Waals surface area contributed by atoms with Gasteiger partial charge in [0.1, 0.15) is 6.04 Å². The Labute approximate surface area is 73.9 Å². The molecule has 13 heavy (non-hydrogen) atoms. The van der Waals surface area contributed by atoms with Gasteiger partial charge >= 0.3 is 11.9 Å². The van der Waals surface area contributed by atoms with Crippen molar-refractivity contribution in [1.82, 2.24) is 5.32 Å². The van der Waals surface area contributed by atoms with Crippen LogP contribution in [-0.4, -0.2) is 34.1 Å². The molecule has 1 atom stereocenters. The van der Waals surface area contributed by atoms with Gasteiger partial charge in [0.15, 0.2) is 0 Å². The lowest BCUT2D eigenvalue weighted by Crippen LogP contribution is -2.37. The molecule has 3 N–H and O–H groups in total. The lowest BCUT2D eigenvalue weighted by atomic mass is 10.3. The van der Waals surface area contributed by atoms with Crippen molar-refractivity contribution in [2.45, 2.75) is 13.0 Å². The summed E-state index contributed by atoms with van der Waals surface area (Å²) in [4.78, 5) is 30.9. The smallest absolute Gasteiger partial charge is 0.328 e. The molecule has 0 aliphatic heterocycles. The fourth-order valence-electron chi connectivity index (χ4n) is 0.470. The van der Waals surface area contributed by atoms with Gasteiger partial charge < -0.3 is 15.5 Å². The van der Waals surface area contributed by atoms with Crippen LogP contribution in [0.25, 0.3) is 0 Å². The van der Waals surface area contributed by atoms with Gasteiger partial charge in [-0.2, -0.15) is 0 Å². The predicted molar refractivity (Wildman–Crippen MR) is 42.0 cm³/mol. The molecule has 0 rings (SSSR count). The van der Waals surface area contributed by atoms with E-state index >= 15 is 0 Å². The van der Waals surface area contributed by atoms with Crippen molar-refractivity contribution in [1.29, 1.82) is 0 Å². The van der Waals surface area contributed by atoms with Crippen LogP contribution in [0.3, 0.4) is 0 Å². The van der Waals surface area contributed by atoms with Gasteiger partial charge in [-0.15, -0.1) is 0 Å². The molecule has 0 heterocycles. The Bertz CT molecular complexity index is 258. The van der Waals surface area contributed by atoms with Crippen molar-refractivity contribution >= 4 is 17.8 Å². The van der Waals surface area contributed by atoms with E-state index in [0.717, 1.165) is 6.08 Å². The zero-order valence-corrected chi connectivity index (χ0v) is 6.85. The number of hydrogen-bond donors (Lipinski definition) is 3. The van der Waals surface area contributed by atoms with Crippen LogP contribution in [0, 0.1) is 0 Å². The second kappa shape index (κ2) is 4.91. The first kappa shape index (κ1) is 11.2. The number of carboxylic acids is 2. The topological polar surface area (TPSA) is 104 Å². The second-order valence-corrected chi connectivity index (χ2v) is 2.24. The average Bonchev–Trinajstić information content (AvgIpc) is 2.00. The third kappa shape index (κ3) is 5.42. The first-order chi connectivity index (χ1) is 5.93. The normalized spacial score (nSPS) is 12.4. The number of carbonyl (C=O) groups excluding carboxylic acids is 1. The summed E-state index contributed by atoms with van der Waals surface area (Å²) in [6.45, 7) is 1.27. The Balaban J connectivity index is 4.02. The molecular weight excluding hydrogens is 178 g/mol. The molecule has 1 unspecified atom stereocenters. The van der Waals surface area contributed by atoms with E-state index in [0.29, 0.717) is 6.08 Å². The van der Waals surface area contributed by atoms with Crippen molar-refractivity contribution in [3.05, 3.63) is 12.2 Å². The minimum Gasteiger partial charge on any atom is -0.480 e. The maximum Gasteiger partial charge on any atom is 0.328 e. The number of aliphatic carboxylic acids is 2. The summed E-state index contributed by atoms with van der Waals surface area (Å²) >= 11 is 0. The van der Waals surface area contributed by atoms with Gasteiger partial charge in [-0.05, 0) is 6.92 Å². The molecule has 0 spiro atoms. The molecule has 0 aromatic rings. The summed E-state index contributed by atoms with van der Waals surface area (Å²) in [5.41, 5.74) is 0. The summed E-state index contributed by atoms with van der Waals surface area (Å²) in [7, 11) is 0. The van der Waals surface area contributed by atoms with Crippen LogP contribution >= 0.6 is 0 Å². The number of amides is 1. The van der Waals surface area contributed by atoms with E-state index in [1.165, 1.54) is 6.92 Å². The minimum atomic E-state index is -1.27. The Hall–Kier alpha value is -1.85. The van der Waals surface area contributed by atoms with Crippen molar-refractivity contribution in [2.24, 2.45) is 0 Å². The van der Waals surface area contributed by atoms with Gasteiger partial charge in [0.2, 0.25) is 5.91 Å². The fourth-order valence-corrected chi connectivity index (χ4v) is 0.470. The van der Waals surface area contributed by atoms with Gasteiger partial charge in [-0.25, -0.2) is 4.79 Å². The van der Waals surface area contributed by atoms with Gasteiger partial charge in [-0.1, -0.05) is 0 Å². The molecule has 0 saturated heterocycles. The highest BCUT2D eigenvalue weighted by molar-refractivity contribution is 5.95. The Kier molecular flexibility index (Phi) is 4.21. The minimum absolute atomic E-state index is 0.629. The van der Waals surface area contributed by atoms with Crippen molar-refractivity contribution in [3.63, 3.8) is 0 Å². The highest BCUT2D eigenvalue weighted by Gasteiger charge is 2.11. The highest BCUT2D eigenvalue weighted by atomic mass is 16.4. The van der Waals surface area contributed by atoms with E-state index in [-0.39, 0.29) is 0 Å². The summed E-state index contributed by atoms with van der Waals surface area (Å²) in [6.07, 6.45) is 1.38. The molecule has 72 valence electrons. The fraction of sp³-hybridized carbons (Fsp3) is 0.286. The lowest BCUT2D eigenvalue weighted by molar-refractivity contribution is -0.140. The molecule has 0 aliphatic carbocycles. The number of carbonyl (C=O) groups is 3. The zero-order valence-electron chi connectivity index (χ0n) is 6.85. The van der Waals surface area contributed by atoms with E-state index < -0.39 is 23.9 Å². The third-order valence-corrected chi connectivity index (χ3v) is 1.11. The summed E-state index contributed by atoms with van der Waals surface area (Å²) in [5.74, 6) is -3.20. The van der Waals surface area contributed by atoms with E-state index in [4.69, 9.17) is 10.2 Å². The largest absolute Gasteiger partial charge is 0.480 e. The number of nitrogens with one attached hydrogen (secondary N) is 1. The molecule has 6 heteroatoms. The average molecular weight is 187 g/mol. The van der Waals surface area contributed by atoms with E-state index in [1.807, 2.05) is 5.32 Å². The molecule has 0 aromatic heterocycles. The molecule has 0 aromatic carbocycles. The summed E-state index contributed by atoms with van der Waals surface area (Å²) in [5, 5.41) is 18.5. The molecule has 0 bridgehead atoms. The third-order valence-electron chi connectivity index (χ3n) is 1.11. The Morgan fingerprint density at radius 1 is 1.23 bits per heavy atom. The first-order valence-electron chi connectivity index (χ1n) is 3.37. The van der Waals surface area contributed by atoms with Gasteiger partial charge in [-0.3, -0.25) is 9.59 Å². The second-order valence-electron chi connectivity index (χ2n) is 2.24. The lowest BCUT2D eigenvalue weighted by Gasteiger charge is -2.05. The Morgan fingerprint density at radius 3 is 2.15 bits per heavy atom. The van der Waals surface area contributed by atoms with Gasteiger partial charge in [0.05, 0.1) is 0 Å².